The lowest BCUT2D eigenvalue weighted by atomic mass is 10.1. The van der Waals surface area contributed by atoms with E-state index in [4.69, 9.17) is 24.8 Å². The quantitative estimate of drug-likeness (QED) is 0.409. The molecule has 0 saturated heterocycles. The van der Waals surface area contributed by atoms with E-state index in [1.54, 1.807) is 0 Å². The molecule has 0 radical (unpaired) electrons. The first-order chi connectivity index (χ1) is 6.68. The second kappa shape index (κ2) is 3.59. The van der Waals surface area contributed by atoms with Crippen molar-refractivity contribution >= 4 is 39.8 Å². The lowest BCUT2D eigenvalue weighted by molar-refractivity contribution is -0.670. The number of hydrogen-bond donors (Lipinski definition) is 0. The summed E-state index contributed by atoms with van der Waals surface area (Å²) >= 11 is 10.1. The molecule has 1 nitrogen and oxygen atoms in total. The van der Waals surface area contributed by atoms with Gasteiger partial charge in [0.1, 0.15) is 7.05 Å². The number of rotatable bonds is 1. The van der Waals surface area contributed by atoms with Gasteiger partial charge in [-0.15, -0.1) is 4.20 Å². The highest BCUT2D eigenvalue weighted by atomic mass is 32.1. The fourth-order valence-electron chi connectivity index (χ4n) is 1.55. The maximum Gasteiger partial charge on any atom is 0.176 e. The molecule has 0 aliphatic carbocycles. The van der Waals surface area contributed by atoms with Crippen molar-refractivity contribution in [3.05, 3.63) is 42.2 Å². The molecule has 0 bridgehead atoms. The van der Waals surface area contributed by atoms with Crippen LogP contribution in [0.4, 0.5) is 0 Å². The first kappa shape index (κ1) is 9.49. The van der Waals surface area contributed by atoms with E-state index in [0.29, 0.717) is 4.20 Å². The van der Waals surface area contributed by atoms with E-state index in [2.05, 4.69) is 12.3 Å². The number of benzene rings is 1. The van der Waals surface area contributed by atoms with Crippen molar-refractivity contribution in [1.82, 2.24) is 0 Å². The molecule has 14 heavy (non-hydrogen) atoms. The number of thiocarbonyl (C=S) groups is 1. The lowest BCUT2D eigenvalue weighted by Crippen LogP contribution is -2.28. The molecule has 2 aromatic rings. The Morgan fingerprint density at radius 2 is 2.00 bits per heavy atom. The highest BCUT2D eigenvalue weighted by Gasteiger charge is 2.04. The van der Waals surface area contributed by atoms with Gasteiger partial charge in [-0.1, -0.05) is 18.2 Å². The molecule has 0 N–H and O–H groups in total. The Kier molecular flexibility index (Phi) is 2.44. The van der Waals surface area contributed by atoms with Crippen molar-refractivity contribution in [2.45, 2.75) is 0 Å². The minimum Gasteiger partial charge on any atom is -0.428 e. The minimum absolute atomic E-state index is 0.525. The first-order valence-electron chi connectivity index (χ1n) is 4.28. The number of fused-ring (bicyclic) bond motifs is 1. The van der Waals surface area contributed by atoms with Gasteiger partial charge in [-0.3, -0.25) is 0 Å². The second-order valence-electron chi connectivity index (χ2n) is 3.21. The average Bonchev–Trinajstić information content (AvgIpc) is 2.16. The average molecular weight is 219 g/mol. The van der Waals surface area contributed by atoms with E-state index < -0.39 is 0 Å². The van der Waals surface area contributed by atoms with E-state index >= 15 is 0 Å². The maximum absolute atomic E-state index is 5.05. The third-order valence-electron chi connectivity index (χ3n) is 2.15. The molecule has 1 heterocycles. The van der Waals surface area contributed by atoms with E-state index in [1.807, 2.05) is 36.0 Å². The largest absolute Gasteiger partial charge is 0.428 e. The standard InChI is InChI=1S/C11H9NS2/c1-12-6-8-4-2-3-5-9(8)10(7-12)11(13)14/h2-7H,1H3. The SMILES string of the molecule is C[n+]1cc(C(=S)[S-])c2ccccc2c1. The Balaban J connectivity index is 2.87. The Hall–Kier alpha value is -1.06. The Bertz CT molecular complexity index is 506. The third kappa shape index (κ3) is 1.61. The van der Waals surface area contributed by atoms with Crippen LogP contribution in [0.15, 0.2) is 36.7 Å². The number of aryl methyl sites for hydroxylation is 1. The zero-order valence-electron chi connectivity index (χ0n) is 7.73. The van der Waals surface area contributed by atoms with Crippen molar-refractivity contribution in [3.63, 3.8) is 0 Å². The summed E-state index contributed by atoms with van der Waals surface area (Å²) in [7, 11) is 1.98. The first-order valence-corrected chi connectivity index (χ1v) is 5.09. The summed E-state index contributed by atoms with van der Waals surface area (Å²) in [6.07, 6.45) is 4.03. The van der Waals surface area contributed by atoms with Crippen LogP contribution in [-0.2, 0) is 19.7 Å². The van der Waals surface area contributed by atoms with Crippen molar-refractivity contribution < 1.29 is 4.57 Å². The molecule has 0 saturated carbocycles. The maximum atomic E-state index is 5.05. The van der Waals surface area contributed by atoms with Crippen LogP contribution in [0.5, 0.6) is 0 Å². The molecule has 2 rings (SSSR count). The molecule has 0 unspecified atom stereocenters. The van der Waals surface area contributed by atoms with Gasteiger partial charge in [-0.2, -0.15) is 0 Å². The van der Waals surface area contributed by atoms with Crippen LogP contribution in [0, 0.1) is 0 Å². The van der Waals surface area contributed by atoms with Gasteiger partial charge in [0.2, 0.25) is 0 Å². The summed E-state index contributed by atoms with van der Waals surface area (Å²) in [5.41, 5.74) is 0.968. The van der Waals surface area contributed by atoms with Crippen molar-refractivity contribution in [2.75, 3.05) is 0 Å². The number of pyridine rings is 1. The van der Waals surface area contributed by atoms with Crippen molar-refractivity contribution in [2.24, 2.45) is 7.05 Å². The Labute approximate surface area is 93.8 Å². The molecule has 0 aliphatic rings. The summed E-state index contributed by atoms with van der Waals surface area (Å²) in [4.78, 5) is 0. The third-order valence-corrected chi connectivity index (χ3v) is 2.59. The van der Waals surface area contributed by atoms with Gasteiger partial charge in [0, 0.05) is 10.9 Å². The van der Waals surface area contributed by atoms with Crippen molar-refractivity contribution in [3.8, 4) is 0 Å². The molecule has 0 aliphatic heterocycles. The van der Waals surface area contributed by atoms with Crippen LogP contribution in [0.1, 0.15) is 5.56 Å². The van der Waals surface area contributed by atoms with Gasteiger partial charge in [-0.05, 0) is 11.5 Å². The highest BCUT2D eigenvalue weighted by Crippen LogP contribution is 2.16. The zero-order valence-corrected chi connectivity index (χ0v) is 9.36. The summed E-state index contributed by atoms with van der Waals surface area (Å²) in [6.45, 7) is 0. The smallest absolute Gasteiger partial charge is 0.176 e. The monoisotopic (exact) mass is 219 g/mol. The van der Waals surface area contributed by atoms with Gasteiger partial charge in [0.05, 0.1) is 0 Å². The normalized spacial score (nSPS) is 10.4. The summed E-state index contributed by atoms with van der Waals surface area (Å²) in [6, 6.07) is 8.12. The molecule has 1 aromatic carbocycles. The summed E-state index contributed by atoms with van der Waals surface area (Å²) in [5, 5.41) is 2.30. The molecule has 0 spiro atoms. The topological polar surface area (TPSA) is 3.88 Å². The molecular formula is C11H9NS2. The molecule has 0 fully saturated rings. The Morgan fingerprint density at radius 3 is 2.71 bits per heavy atom. The van der Waals surface area contributed by atoms with Crippen LogP contribution in [0.3, 0.4) is 0 Å². The second-order valence-corrected chi connectivity index (χ2v) is 4.29. The predicted octanol–water partition coefficient (Wildman–Crippen LogP) is 1.89. The van der Waals surface area contributed by atoms with Crippen LogP contribution in [-0.4, -0.2) is 4.20 Å². The molecule has 3 heteroatoms. The van der Waals surface area contributed by atoms with E-state index in [0.717, 1.165) is 10.9 Å². The fourth-order valence-corrected chi connectivity index (χ4v) is 1.87. The van der Waals surface area contributed by atoms with Gasteiger partial charge < -0.3 is 24.8 Å². The van der Waals surface area contributed by atoms with Gasteiger partial charge >= 0.3 is 0 Å². The number of aromatic nitrogens is 1. The molecule has 0 amide bonds. The van der Waals surface area contributed by atoms with E-state index in [1.165, 1.54) is 5.39 Å². The highest BCUT2D eigenvalue weighted by molar-refractivity contribution is 8.01. The zero-order chi connectivity index (χ0) is 10.1. The lowest BCUT2D eigenvalue weighted by Gasteiger charge is -2.07. The fraction of sp³-hybridized carbons (Fsp3) is 0.0909. The van der Waals surface area contributed by atoms with Crippen molar-refractivity contribution in [1.29, 1.82) is 0 Å². The Morgan fingerprint density at radius 1 is 1.29 bits per heavy atom. The van der Waals surface area contributed by atoms with Gasteiger partial charge in [0.25, 0.3) is 0 Å². The van der Waals surface area contributed by atoms with Crippen LogP contribution < -0.4 is 4.57 Å². The van der Waals surface area contributed by atoms with Gasteiger partial charge in [0.15, 0.2) is 12.4 Å². The molecule has 1 aromatic heterocycles. The van der Waals surface area contributed by atoms with E-state index in [-0.39, 0.29) is 0 Å². The number of hydrogen-bond acceptors (Lipinski definition) is 2. The molecular weight excluding hydrogens is 210 g/mol. The molecule has 0 atom stereocenters. The summed E-state index contributed by atoms with van der Waals surface area (Å²) in [5.74, 6) is 0. The number of nitrogens with zero attached hydrogens (tertiary/aromatic N) is 1. The predicted molar refractivity (Wildman–Crippen MR) is 64.2 cm³/mol. The molecule has 70 valence electrons. The van der Waals surface area contributed by atoms with Crippen LogP contribution in [0.25, 0.3) is 10.8 Å². The van der Waals surface area contributed by atoms with Crippen LogP contribution in [0.2, 0.25) is 0 Å². The summed E-state index contributed by atoms with van der Waals surface area (Å²) < 4.78 is 2.51. The van der Waals surface area contributed by atoms with Gasteiger partial charge in [-0.25, -0.2) is 4.57 Å². The van der Waals surface area contributed by atoms with E-state index in [9.17, 15) is 0 Å². The van der Waals surface area contributed by atoms with Crippen LogP contribution >= 0.6 is 12.2 Å². The minimum atomic E-state index is 0.525.